The zero-order valence-electron chi connectivity index (χ0n) is 16.1. The van der Waals surface area contributed by atoms with Gasteiger partial charge in [0.2, 0.25) is 10.0 Å². The Morgan fingerprint density at radius 2 is 1.90 bits per heavy atom. The molecule has 2 fully saturated rings. The fraction of sp³-hybridized carbons (Fsp3) is 0.526. The molecule has 1 aliphatic heterocycles. The molecule has 1 N–H and O–H groups in total. The summed E-state index contributed by atoms with van der Waals surface area (Å²) in [4.78, 5) is 24.2. The summed E-state index contributed by atoms with van der Waals surface area (Å²) >= 11 is 0. The molecule has 0 aromatic heterocycles. The highest BCUT2D eigenvalue weighted by molar-refractivity contribution is 7.89. The number of carbonyl (C=O) groups excluding carboxylic acids is 2. The molecule has 1 heterocycles. The third-order valence-corrected chi connectivity index (χ3v) is 6.97. The summed E-state index contributed by atoms with van der Waals surface area (Å²) < 4.78 is 36.6. The minimum atomic E-state index is -3.65. The van der Waals surface area contributed by atoms with Gasteiger partial charge in [-0.3, -0.25) is 4.79 Å². The minimum absolute atomic E-state index is 0.0721. The second-order valence-electron chi connectivity index (χ2n) is 7.25. The average Bonchev–Trinajstić information content (AvgIpc) is 3.58. The topological polar surface area (TPSA) is 126 Å². The Morgan fingerprint density at radius 1 is 1.28 bits per heavy atom. The Morgan fingerprint density at radius 3 is 2.45 bits per heavy atom. The summed E-state index contributed by atoms with van der Waals surface area (Å²) in [5.74, 6) is -1.19. The van der Waals surface area contributed by atoms with E-state index in [1.54, 1.807) is 6.92 Å². The quantitative estimate of drug-likeness (QED) is 0.641. The van der Waals surface area contributed by atoms with Crippen LogP contribution in [0.5, 0.6) is 0 Å². The highest BCUT2D eigenvalue weighted by Gasteiger charge is 2.43. The summed E-state index contributed by atoms with van der Waals surface area (Å²) in [5.41, 5.74) is -0.831. The number of nitrogens with zero attached hydrogens (tertiary/aromatic N) is 2. The molecule has 0 bridgehead atoms. The van der Waals surface area contributed by atoms with E-state index >= 15 is 0 Å². The van der Waals surface area contributed by atoms with Crippen LogP contribution in [0.4, 0.5) is 0 Å². The fourth-order valence-electron chi connectivity index (χ4n) is 3.12. The van der Waals surface area contributed by atoms with Crippen LogP contribution in [-0.4, -0.2) is 63.0 Å². The molecule has 1 aliphatic carbocycles. The first kappa shape index (κ1) is 21.2. The molecule has 1 atom stereocenters. The van der Waals surface area contributed by atoms with Crippen LogP contribution >= 0.6 is 0 Å². The van der Waals surface area contributed by atoms with Gasteiger partial charge in [0, 0.05) is 13.1 Å². The van der Waals surface area contributed by atoms with Crippen molar-refractivity contribution in [3.05, 3.63) is 29.8 Å². The SMILES string of the molecule is C[C@](C#N)(NC(=O)COC(=O)c1ccc(S(=O)(=O)N2CCOCC2)cc1)C1CC1. The lowest BCUT2D eigenvalue weighted by Crippen LogP contribution is -2.48. The summed E-state index contributed by atoms with van der Waals surface area (Å²) in [5, 5.41) is 11.9. The zero-order valence-corrected chi connectivity index (χ0v) is 16.9. The van der Waals surface area contributed by atoms with E-state index in [0.29, 0.717) is 13.2 Å². The molecular formula is C19H23N3O6S. The van der Waals surface area contributed by atoms with E-state index in [1.807, 2.05) is 0 Å². The predicted octanol–water partition coefficient (Wildman–Crippen LogP) is 0.673. The van der Waals surface area contributed by atoms with Crippen molar-refractivity contribution in [1.29, 1.82) is 5.26 Å². The maximum absolute atomic E-state index is 12.6. The van der Waals surface area contributed by atoms with Gasteiger partial charge in [-0.15, -0.1) is 0 Å². The van der Waals surface area contributed by atoms with Crippen molar-refractivity contribution in [2.75, 3.05) is 32.9 Å². The van der Waals surface area contributed by atoms with Gasteiger partial charge in [0.15, 0.2) is 6.61 Å². The Labute approximate surface area is 169 Å². The molecule has 2 aliphatic rings. The third-order valence-electron chi connectivity index (χ3n) is 5.06. The van der Waals surface area contributed by atoms with Gasteiger partial charge in [0.1, 0.15) is 5.54 Å². The van der Waals surface area contributed by atoms with E-state index in [2.05, 4.69) is 11.4 Å². The van der Waals surface area contributed by atoms with E-state index in [1.165, 1.54) is 28.6 Å². The lowest BCUT2D eigenvalue weighted by Gasteiger charge is -2.26. The van der Waals surface area contributed by atoms with Crippen molar-refractivity contribution in [1.82, 2.24) is 9.62 Å². The van der Waals surface area contributed by atoms with Gasteiger partial charge in [-0.05, 0) is 49.9 Å². The van der Waals surface area contributed by atoms with Gasteiger partial charge >= 0.3 is 5.97 Å². The summed E-state index contributed by atoms with van der Waals surface area (Å²) in [6, 6.07) is 7.45. The number of hydrogen-bond donors (Lipinski definition) is 1. The summed E-state index contributed by atoms with van der Waals surface area (Å²) in [6.45, 7) is 2.39. The first-order valence-electron chi connectivity index (χ1n) is 9.33. The molecule has 1 saturated carbocycles. The monoisotopic (exact) mass is 421 g/mol. The van der Waals surface area contributed by atoms with Gasteiger partial charge in [0.25, 0.3) is 5.91 Å². The number of benzene rings is 1. The first-order valence-corrected chi connectivity index (χ1v) is 10.8. The maximum Gasteiger partial charge on any atom is 0.338 e. The van der Waals surface area contributed by atoms with E-state index in [4.69, 9.17) is 9.47 Å². The Bertz CT molecular complexity index is 914. The highest BCUT2D eigenvalue weighted by Crippen LogP contribution is 2.39. The summed E-state index contributed by atoms with van der Waals surface area (Å²) in [7, 11) is -3.65. The van der Waals surface area contributed by atoms with Crippen LogP contribution in [0, 0.1) is 17.2 Å². The fourth-order valence-corrected chi connectivity index (χ4v) is 4.53. The molecule has 0 spiro atoms. The van der Waals surface area contributed by atoms with Crippen LogP contribution in [0.2, 0.25) is 0 Å². The second kappa shape index (κ2) is 8.49. The molecule has 156 valence electrons. The third kappa shape index (κ3) is 4.93. The molecule has 1 aromatic carbocycles. The van der Waals surface area contributed by atoms with Crippen molar-refractivity contribution >= 4 is 21.9 Å². The Kier molecular flexibility index (Phi) is 6.21. The maximum atomic E-state index is 12.6. The van der Waals surface area contributed by atoms with Gasteiger partial charge in [0.05, 0.1) is 29.7 Å². The number of nitriles is 1. The second-order valence-corrected chi connectivity index (χ2v) is 9.19. The van der Waals surface area contributed by atoms with Crippen molar-refractivity contribution in [3.63, 3.8) is 0 Å². The molecule has 0 unspecified atom stereocenters. The highest BCUT2D eigenvalue weighted by atomic mass is 32.2. The van der Waals surface area contributed by atoms with Crippen LogP contribution in [0.15, 0.2) is 29.2 Å². The Hall–Kier alpha value is -2.48. The number of carbonyl (C=O) groups is 2. The first-order chi connectivity index (χ1) is 13.8. The van der Waals surface area contributed by atoms with Crippen molar-refractivity contribution in [3.8, 4) is 6.07 Å². The van der Waals surface area contributed by atoms with Crippen molar-refractivity contribution in [2.24, 2.45) is 5.92 Å². The molecule has 29 heavy (non-hydrogen) atoms. The number of amides is 1. The minimum Gasteiger partial charge on any atom is -0.452 e. The predicted molar refractivity (Wildman–Crippen MR) is 101 cm³/mol. The number of hydrogen-bond acceptors (Lipinski definition) is 7. The molecule has 1 amide bonds. The van der Waals surface area contributed by atoms with Gasteiger partial charge in [-0.25, -0.2) is 13.2 Å². The molecule has 0 radical (unpaired) electrons. The molecule has 1 saturated heterocycles. The number of ether oxygens (including phenoxy) is 2. The standard InChI is InChI=1S/C19H23N3O6S/c1-19(13-20,15-4-5-15)21-17(23)12-28-18(24)14-2-6-16(7-3-14)29(25,26)22-8-10-27-11-9-22/h2-3,6-7,15H,4-5,8-12H2,1H3,(H,21,23)/t19-/m1/s1. The van der Waals surface area contributed by atoms with Crippen LogP contribution in [0.3, 0.4) is 0 Å². The number of sulfonamides is 1. The molecular weight excluding hydrogens is 398 g/mol. The molecule has 10 heteroatoms. The van der Waals surface area contributed by atoms with E-state index in [0.717, 1.165) is 12.8 Å². The van der Waals surface area contributed by atoms with Crippen molar-refractivity contribution < 1.29 is 27.5 Å². The van der Waals surface area contributed by atoms with Crippen LogP contribution < -0.4 is 5.32 Å². The van der Waals surface area contributed by atoms with E-state index in [-0.39, 0.29) is 29.5 Å². The smallest absolute Gasteiger partial charge is 0.338 e. The lowest BCUT2D eigenvalue weighted by atomic mass is 9.98. The molecule has 1 aromatic rings. The number of morpholine rings is 1. The van der Waals surface area contributed by atoms with E-state index in [9.17, 15) is 23.3 Å². The number of esters is 1. The molecule has 3 rings (SSSR count). The summed E-state index contributed by atoms with van der Waals surface area (Å²) in [6.07, 6.45) is 1.76. The van der Waals surface area contributed by atoms with Gasteiger partial charge in [-0.1, -0.05) is 0 Å². The number of rotatable bonds is 7. The normalized spacial score (nSPS) is 19.6. The van der Waals surface area contributed by atoms with Crippen LogP contribution in [-0.2, 0) is 24.3 Å². The van der Waals surface area contributed by atoms with Crippen LogP contribution in [0.25, 0.3) is 0 Å². The number of nitrogens with one attached hydrogen (secondary N) is 1. The van der Waals surface area contributed by atoms with Gasteiger partial charge in [-0.2, -0.15) is 9.57 Å². The lowest BCUT2D eigenvalue weighted by molar-refractivity contribution is -0.125. The van der Waals surface area contributed by atoms with Crippen LogP contribution in [0.1, 0.15) is 30.1 Å². The zero-order chi connectivity index (χ0) is 21.1. The van der Waals surface area contributed by atoms with E-state index < -0.39 is 34.0 Å². The van der Waals surface area contributed by atoms with Crippen molar-refractivity contribution in [2.45, 2.75) is 30.2 Å². The largest absolute Gasteiger partial charge is 0.452 e. The Balaban J connectivity index is 1.56. The van der Waals surface area contributed by atoms with Gasteiger partial charge < -0.3 is 14.8 Å². The molecule has 9 nitrogen and oxygen atoms in total. The average molecular weight is 421 g/mol.